The summed E-state index contributed by atoms with van der Waals surface area (Å²) < 4.78 is 33.8. The van der Waals surface area contributed by atoms with Gasteiger partial charge in [0.15, 0.2) is 6.10 Å². The van der Waals surface area contributed by atoms with E-state index in [0.29, 0.717) is 17.4 Å². The number of esters is 2. The number of nitrogens with zero attached hydrogens (tertiary/aromatic N) is 1. The van der Waals surface area contributed by atoms with Crippen LogP contribution in [-0.4, -0.2) is 70.0 Å². The van der Waals surface area contributed by atoms with Crippen LogP contribution < -0.4 is 4.89 Å². The first kappa shape index (κ1) is 52.0. The van der Waals surface area contributed by atoms with Gasteiger partial charge in [-0.25, -0.2) is 0 Å². The molecule has 314 valence electrons. The number of phosphoric acid groups is 1. The van der Waals surface area contributed by atoms with E-state index in [4.69, 9.17) is 18.5 Å². The van der Waals surface area contributed by atoms with Crippen molar-refractivity contribution in [3.05, 3.63) is 48.6 Å². The Labute approximate surface area is 331 Å². The standard InChI is InChI=1S/C44H80NO8P/c1-6-8-10-12-14-16-18-20-21-22-23-25-27-29-31-33-35-37-44(47)53-42(41-52-54(48,49)51-39-38-45(3,4)5)40-50-43(46)36-34-32-30-28-26-24-19-17-15-13-11-9-7-2/h8,10,14,16-17,19-21,42H,6-7,9,11-13,15,18,22-41H2,1-5H3/b10-8-,16-14-,19-17-,21-20-. The second-order valence-electron chi connectivity index (χ2n) is 15.3. The van der Waals surface area contributed by atoms with Gasteiger partial charge in [-0.3, -0.25) is 14.2 Å². The fourth-order valence-electron chi connectivity index (χ4n) is 5.49. The van der Waals surface area contributed by atoms with E-state index < -0.39 is 32.5 Å². The van der Waals surface area contributed by atoms with E-state index in [-0.39, 0.29) is 26.1 Å². The van der Waals surface area contributed by atoms with Crippen LogP contribution >= 0.6 is 7.82 Å². The van der Waals surface area contributed by atoms with Gasteiger partial charge in [-0.2, -0.15) is 0 Å². The van der Waals surface area contributed by atoms with Gasteiger partial charge in [-0.05, 0) is 70.6 Å². The minimum Gasteiger partial charge on any atom is -0.756 e. The number of carbonyl (C=O) groups is 2. The number of unbranched alkanes of at least 4 members (excludes halogenated alkanes) is 16. The van der Waals surface area contributed by atoms with Crippen molar-refractivity contribution >= 4 is 19.8 Å². The predicted molar refractivity (Wildman–Crippen MR) is 222 cm³/mol. The second kappa shape index (κ2) is 36.6. The fourth-order valence-corrected chi connectivity index (χ4v) is 6.21. The molecule has 0 aromatic heterocycles. The van der Waals surface area contributed by atoms with Crippen molar-refractivity contribution in [1.82, 2.24) is 0 Å². The van der Waals surface area contributed by atoms with Crippen LogP contribution in [0, 0.1) is 0 Å². The predicted octanol–water partition coefficient (Wildman–Crippen LogP) is 11.3. The maximum Gasteiger partial charge on any atom is 0.306 e. The van der Waals surface area contributed by atoms with Gasteiger partial charge in [0.1, 0.15) is 19.8 Å². The molecular weight excluding hydrogens is 701 g/mol. The maximum absolute atomic E-state index is 12.7. The van der Waals surface area contributed by atoms with E-state index in [1.54, 1.807) is 0 Å². The normalized spacial score (nSPS) is 14.1. The first-order valence-corrected chi connectivity index (χ1v) is 22.8. The van der Waals surface area contributed by atoms with E-state index in [9.17, 15) is 19.0 Å². The lowest BCUT2D eigenvalue weighted by Crippen LogP contribution is -2.37. The molecule has 0 fully saturated rings. The van der Waals surface area contributed by atoms with Crippen molar-refractivity contribution in [2.45, 2.75) is 174 Å². The smallest absolute Gasteiger partial charge is 0.306 e. The van der Waals surface area contributed by atoms with Crippen molar-refractivity contribution in [3.63, 3.8) is 0 Å². The number of rotatable bonds is 38. The zero-order valence-corrected chi connectivity index (χ0v) is 36.0. The van der Waals surface area contributed by atoms with Crippen LogP contribution in [0.1, 0.15) is 168 Å². The quantitative estimate of drug-likeness (QED) is 0.0200. The average molecular weight is 782 g/mol. The number of hydrogen-bond acceptors (Lipinski definition) is 8. The molecule has 0 aliphatic carbocycles. The van der Waals surface area contributed by atoms with Crippen LogP contribution in [0.15, 0.2) is 48.6 Å². The monoisotopic (exact) mass is 782 g/mol. The summed E-state index contributed by atoms with van der Waals surface area (Å²) in [7, 11) is 1.15. The molecule has 0 spiro atoms. The molecule has 0 radical (unpaired) electrons. The molecule has 0 amide bonds. The molecule has 0 N–H and O–H groups in total. The fraction of sp³-hybridized carbons (Fsp3) is 0.773. The van der Waals surface area contributed by atoms with E-state index in [1.807, 2.05) is 21.1 Å². The van der Waals surface area contributed by atoms with Crippen LogP contribution in [0.5, 0.6) is 0 Å². The highest BCUT2D eigenvalue weighted by molar-refractivity contribution is 7.45. The Balaban J connectivity index is 4.40. The van der Waals surface area contributed by atoms with E-state index in [2.05, 4.69) is 62.5 Å². The van der Waals surface area contributed by atoms with E-state index >= 15 is 0 Å². The maximum atomic E-state index is 12.7. The van der Waals surface area contributed by atoms with Crippen LogP contribution in [0.4, 0.5) is 0 Å². The second-order valence-corrected chi connectivity index (χ2v) is 16.7. The van der Waals surface area contributed by atoms with Gasteiger partial charge in [-0.1, -0.05) is 133 Å². The van der Waals surface area contributed by atoms with Crippen molar-refractivity contribution in [3.8, 4) is 0 Å². The van der Waals surface area contributed by atoms with Crippen molar-refractivity contribution in [2.24, 2.45) is 0 Å². The minimum atomic E-state index is -4.63. The third kappa shape index (κ3) is 39.7. The molecule has 9 nitrogen and oxygen atoms in total. The molecule has 0 saturated heterocycles. The zero-order valence-electron chi connectivity index (χ0n) is 35.2. The van der Waals surface area contributed by atoms with Gasteiger partial charge in [0, 0.05) is 12.8 Å². The highest BCUT2D eigenvalue weighted by atomic mass is 31.2. The lowest BCUT2D eigenvalue weighted by atomic mass is 10.1. The Kier molecular flexibility index (Phi) is 35.2. The summed E-state index contributed by atoms with van der Waals surface area (Å²) in [5.74, 6) is -0.859. The molecule has 0 heterocycles. The molecule has 0 saturated carbocycles. The zero-order chi connectivity index (χ0) is 40.0. The van der Waals surface area contributed by atoms with Gasteiger partial charge in [0.05, 0.1) is 27.7 Å². The summed E-state index contributed by atoms with van der Waals surface area (Å²) in [6.45, 7) is 4.07. The number of hydrogen-bond donors (Lipinski definition) is 0. The summed E-state index contributed by atoms with van der Waals surface area (Å²) in [5.41, 5.74) is 0. The highest BCUT2D eigenvalue weighted by Gasteiger charge is 2.21. The van der Waals surface area contributed by atoms with Gasteiger partial charge in [-0.15, -0.1) is 0 Å². The van der Waals surface area contributed by atoms with Crippen LogP contribution in [0.2, 0.25) is 0 Å². The molecule has 54 heavy (non-hydrogen) atoms. The molecule has 2 atom stereocenters. The Bertz CT molecular complexity index is 1070. The number of quaternary nitrogens is 1. The summed E-state index contributed by atoms with van der Waals surface area (Å²) in [4.78, 5) is 37.5. The summed E-state index contributed by atoms with van der Waals surface area (Å²) in [5, 5.41) is 0. The minimum absolute atomic E-state index is 0.0357. The molecule has 0 aromatic carbocycles. The lowest BCUT2D eigenvalue weighted by molar-refractivity contribution is -0.870. The van der Waals surface area contributed by atoms with Gasteiger partial charge < -0.3 is 27.9 Å². The third-order valence-electron chi connectivity index (χ3n) is 8.83. The van der Waals surface area contributed by atoms with Crippen LogP contribution in [0.25, 0.3) is 0 Å². The molecule has 2 unspecified atom stereocenters. The third-order valence-corrected chi connectivity index (χ3v) is 9.80. The summed E-state index contributed by atoms with van der Waals surface area (Å²) in [6, 6.07) is 0. The Morgan fingerprint density at radius 2 is 1.06 bits per heavy atom. The number of allylic oxidation sites excluding steroid dienone is 8. The van der Waals surface area contributed by atoms with Crippen LogP contribution in [-0.2, 0) is 32.7 Å². The number of ether oxygens (including phenoxy) is 2. The Morgan fingerprint density at radius 1 is 0.593 bits per heavy atom. The molecule has 10 heteroatoms. The number of phosphoric ester groups is 1. The lowest BCUT2D eigenvalue weighted by Gasteiger charge is -2.28. The van der Waals surface area contributed by atoms with Crippen molar-refractivity contribution in [2.75, 3.05) is 47.5 Å². The molecule has 0 aliphatic rings. The topological polar surface area (TPSA) is 111 Å². The number of likely N-dealkylation sites (N-methyl/N-ethyl adjacent to an activating group) is 1. The van der Waals surface area contributed by atoms with Gasteiger partial charge in [0.25, 0.3) is 7.82 Å². The van der Waals surface area contributed by atoms with Crippen molar-refractivity contribution < 1.29 is 42.1 Å². The molecule has 0 aliphatic heterocycles. The molecule has 0 bridgehead atoms. The SMILES string of the molecule is CC/C=C\C/C=C\C/C=C\CCCCCCCCCC(=O)OC(COC(=O)CCCCCCC/C=C\CCCCCC)COP(=O)([O-])OCC[N+](C)(C)C. The Morgan fingerprint density at radius 3 is 1.59 bits per heavy atom. The van der Waals surface area contributed by atoms with Crippen molar-refractivity contribution in [1.29, 1.82) is 0 Å². The first-order valence-electron chi connectivity index (χ1n) is 21.3. The van der Waals surface area contributed by atoms with E-state index in [0.717, 1.165) is 83.5 Å². The average Bonchev–Trinajstić information content (AvgIpc) is 3.12. The van der Waals surface area contributed by atoms with E-state index in [1.165, 1.54) is 51.4 Å². The number of carbonyl (C=O) groups excluding carboxylic acids is 2. The summed E-state index contributed by atoms with van der Waals surface area (Å²) >= 11 is 0. The van der Waals surface area contributed by atoms with Crippen LogP contribution in [0.3, 0.4) is 0 Å². The highest BCUT2D eigenvalue weighted by Crippen LogP contribution is 2.38. The first-order chi connectivity index (χ1) is 26.0. The summed E-state index contributed by atoms with van der Waals surface area (Å²) in [6.07, 6.45) is 41.3. The Hall–Kier alpha value is -2.03. The van der Waals surface area contributed by atoms with Gasteiger partial charge >= 0.3 is 11.9 Å². The largest absolute Gasteiger partial charge is 0.756 e. The van der Waals surface area contributed by atoms with Gasteiger partial charge in [0.2, 0.25) is 0 Å². The molecule has 0 aromatic rings. The molecular formula is C44H80NO8P. The molecule has 0 rings (SSSR count).